The van der Waals surface area contributed by atoms with Gasteiger partial charge in [0.2, 0.25) is 0 Å². The van der Waals surface area contributed by atoms with E-state index < -0.39 is 12.1 Å². The van der Waals surface area contributed by atoms with Crippen LogP contribution in [0.15, 0.2) is 35.4 Å². The zero-order valence-electron chi connectivity index (χ0n) is 11.4. The minimum absolute atomic E-state index is 0.249. The molecule has 1 aromatic carbocycles. The van der Waals surface area contributed by atoms with E-state index in [1.807, 2.05) is 0 Å². The van der Waals surface area contributed by atoms with Crippen molar-refractivity contribution in [2.24, 2.45) is 0 Å². The van der Waals surface area contributed by atoms with Crippen molar-refractivity contribution >= 4 is 17.5 Å². The Morgan fingerprint density at radius 3 is 1.86 bits per heavy atom. The first-order valence-corrected chi connectivity index (χ1v) is 6.83. The molecular weight excluding hydrogens is 299 g/mol. The maximum atomic E-state index is 12.3. The molecule has 0 saturated carbocycles. The zero-order valence-corrected chi connectivity index (χ0v) is 11.4. The van der Waals surface area contributed by atoms with E-state index in [1.54, 1.807) is 0 Å². The van der Waals surface area contributed by atoms with Crippen molar-refractivity contribution in [3.8, 4) is 5.75 Å². The van der Waals surface area contributed by atoms with Gasteiger partial charge in [0.25, 0.3) is 11.8 Å². The number of carbonyl (C=O) groups excluding carboxylic acids is 2. The third-order valence-corrected chi connectivity index (χ3v) is 3.72. The number of alkyl halides is 3. The van der Waals surface area contributed by atoms with Gasteiger partial charge in [-0.15, -0.1) is 13.2 Å². The molecule has 0 unspecified atom stereocenters. The predicted molar refractivity (Wildman–Crippen MR) is 71.1 cm³/mol. The van der Waals surface area contributed by atoms with Crippen LogP contribution in [0.3, 0.4) is 0 Å². The van der Waals surface area contributed by atoms with Crippen LogP contribution in [0.1, 0.15) is 25.7 Å². The van der Waals surface area contributed by atoms with Crippen LogP contribution >= 0.6 is 0 Å². The Labute approximate surface area is 124 Å². The first-order valence-electron chi connectivity index (χ1n) is 6.83. The largest absolute Gasteiger partial charge is 0.573 e. The van der Waals surface area contributed by atoms with Gasteiger partial charge in [0.05, 0.1) is 5.69 Å². The van der Waals surface area contributed by atoms with Gasteiger partial charge < -0.3 is 4.74 Å². The molecule has 1 aliphatic carbocycles. The molecule has 0 spiro atoms. The third-order valence-electron chi connectivity index (χ3n) is 3.72. The number of benzene rings is 1. The Hall–Kier alpha value is -2.31. The summed E-state index contributed by atoms with van der Waals surface area (Å²) < 4.78 is 40.1. The molecule has 116 valence electrons. The summed E-state index contributed by atoms with van der Waals surface area (Å²) in [7, 11) is 0. The van der Waals surface area contributed by atoms with Crippen LogP contribution in [0.2, 0.25) is 0 Å². The van der Waals surface area contributed by atoms with Gasteiger partial charge in [0.1, 0.15) is 5.75 Å². The van der Waals surface area contributed by atoms with E-state index in [2.05, 4.69) is 4.74 Å². The summed E-state index contributed by atoms with van der Waals surface area (Å²) in [5.41, 5.74) is 1.32. The van der Waals surface area contributed by atoms with Gasteiger partial charge in [0.15, 0.2) is 0 Å². The number of hydrogen-bond acceptors (Lipinski definition) is 3. The highest BCUT2D eigenvalue weighted by Crippen LogP contribution is 2.36. The van der Waals surface area contributed by atoms with Crippen LogP contribution < -0.4 is 9.64 Å². The normalized spacial score (nSPS) is 18.8. The van der Waals surface area contributed by atoms with Gasteiger partial charge in [-0.25, -0.2) is 4.90 Å². The number of ether oxygens (including phenoxy) is 1. The van der Waals surface area contributed by atoms with E-state index >= 15 is 0 Å². The smallest absolute Gasteiger partial charge is 0.406 e. The Morgan fingerprint density at radius 1 is 0.909 bits per heavy atom. The van der Waals surface area contributed by atoms with Gasteiger partial charge >= 0.3 is 6.36 Å². The summed E-state index contributed by atoms with van der Waals surface area (Å²) in [6.07, 6.45) is -1.90. The van der Waals surface area contributed by atoms with Crippen molar-refractivity contribution < 1.29 is 27.5 Å². The Balaban J connectivity index is 1.84. The van der Waals surface area contributed by atoms with Crippen LogP contribution in [-0.2, 0) is 9.59 Å². The molecule has 1 aromatic rings. The highest BCUT2D eigenvalue weighted by atomic mass is 19.4. The molecular formula is C15H12F3NO3. The van der Waals surface area contributed by atoms with E-state index in [4.69, 9.17) is 0 Å². The minimum atomic E-state index is -4.78. The van der Waals surface area contributed by atoms with Crippen molar-refractivity contribution in [3.05, 3.63) is 35.4 Å². The van der Waals surface area contributed by atoms with Crippen molar-refractivity contribution in [2.45, 2.75) is 32.0 Å². The first-order chi connectivity index (χ1) is 10.4. The first kappa shape index (κ1) is 14.6. The summed E-state index contributed by atoms with van der Waals surface area (Å²) in [6.45, 7) is 0. The highest BCUT2D eigenvalue weighted by molar-refractivity contribution is 6.33. The standard InChI is InChI=1S/C15H12F3NO3/c16-15(17,18)22-10-7-5-9(6-8-10)19-13(20)11-3-1-2-4-12(11)14(19)21/h5-8H,1-4H2. The van der Waals surface area contributed by atoms with Gasteiger partial charge in [-0.05, 0) is 49.9 Å². The quantitative estimate of drug-likeness (QED) is 0.787. The van der Waals surface area contributed by atoms with E-state index in [-0.39, 0.29) is 17.5 Å². The minimum Gasteiger partial charge on any atom is -0.406 e. The number of amides is 2. The van der Waals surface area contributed by atoms with Crippen LogP contribution in [0, 0.1) is 0 Å². The Morgan fingerprint density at radius 2 is 1.41 bits per heavy atom. The number of anilines is 1. The second-order valence-electron chi connectivity index (χ2n) is 5.15. The molecule has 0 bridgehead atoms. The SMILES string of the molecule is O=C1C2=C(CCCC2)C(=O)N1c1ccc(OC(F)(F)F)cc1. The fourth-order valence-corrected chi connectivity index (χ4v) is 2.77. The van der Waals surface area contributed by atoms with Gasteiger partial charge in [-0.1, -0.05) is 0 Å². The molecule has 2 aliphatic rings. The van der Waals surface area contributed by atoms with E-state index in [1.165, 1.54) is 12.1 Å². The van der Waals surface area contributed by atoms with Crippen LogP contribution in [0.4, 0.5) is 18.9 Å². The van der Waals surface area contributed by atoms with E-state index in [9.17, 15) is 22.8 Å². The summed E-state index contributed by atoms with van der Waals surface area (Å²) in [4.78, 5) is 25.6. The number of nitrogens with zero attached hydrogens (tertiary/aromatic N) is 1. The number of rotatable bonds is 2. The van der Waals surface area contributed by atoms with Crippen LogP contribution in [-0.4, -0.2) is 18.2 Å². The summed E-state index contributed by atoms with van der Waals surface area (Å²) >= 11 is 0. The monoisotopic (exact) mass is 311 g/mol. The topological polar surface area (TPSA) is 46.6 Å². The Bertz CT molecular complexity index is 634. The fraction of sp³-hybridized carbons (Fsp3) is 0.333. The lowest BCUT2D eigenvalue weighted by atomic mass is 9.93. The number of carbonyl (C=O) groups is 2. The second kappa shape index (κ2) is 5.15. The average molecular weight is 311 g/mol. The molecule has 0 radical (unpaired) electrons. The van der Waals surface area contributed by atoms with Crippen molar-refractivity contribution in [1.82, 2.24) is 0 Å². The predicted octanol–water partition coefficient (Wildman–Crippen LogP) is 3.33. The molecule has 1 heterocycles. The molecule has 0 saturated heterocycles. The highest BCUT2D eigenvalue weighted by Gasteiger charge is 2.39. The molecule has 7 heteroatoms. The van der Waals surface area contributed by atoms with Crippen LogP contribution in [0.25, 0.3) is 0 Å². The zero-order chi connectivity index (χ0) is 15.9. The lowest BCUT2D eigenvalue weighted by molar-refractivity contribution is -0.274. The molecule has 3 rings (SSSR count). The summed E-state index contributed by atoms with van der Waals surface area (Å²) in [5, 5.41) is 0. The van der Waals surface area contributed by atoms with Gasteiger partial charge in [-0.2, -0.15) is 0 Å². The van der Waals surface area contributed by atoms with E-state index in [0.717, 1.165) is 29.9 Å². The maximum Gasteiger partial charge on any atom is 0.573 e. The maximum absolute atomic E-state index is 12.3. The molecule has 0 atom stereocenters. The molecule has 2 amide bonds. The second-order valence-corrected chi connectivity index (χ2v) is 5.15. The molecule has 4 nitrogen and oxygen atoms in total. The lowest BCUT2D eigenvalue weighted by Gasteiger charge is -2.16. The molecule has 22 heavy (non-hydrogen) atoms. The van der Waals surface area contributed by atoms with Gasteiger partial charge in [-0.3, -0.25) is 9.59 Å². The average Bonchev–Trinajstić information content (AvgIpc) is 2.71. The lowest BCUT2D eigenvalue weighted by Crippen LogP contribution is -2.31. The van der Waals surface area contributed by atoms with Crippen molar-refractivity contribution in [2.75, 3.05) is 4.90 Å². The summed E-state index contributed by atoms with van der Waals surface area (Å²) in [5.74, 6) is -1.14. The van der Waals surface area contributed by atoms with Crippen LogP contribution in [0.5, 0.6) is 5.75 Å². The third kappa shape index (κ3) is 2.58. The number of halogens is 3. The molecule has 0 N–H and O–H groups in total. The van der Waals surface area contributed by atoms with E-state index in [0.29, 0.717) is 24.0 Å². The fourth-order valence-electron chi connectivity index (χ4n) is 2.77. The van der Waals surface area contributed by atoms with Gasteiger partial charge in [0, 0.05) is 11.1 Å². The number of hydrogen-bond donors (Lipinski definition) is 0. The number of imide groups is 1. The Kier molecular flexibility index (Phi) is 3.42. The molecule has 0 fully saturated rings. The summed E-state index contributed by atoms with van der Waals surface area (Å²) in [6, 6.07) is 4.71. The van der Waals surface area contributed by atoms with Crippen molar-refractivity contribution in [3.63, 3.8) is 0 Å². The van der Waals surface area contributed by atoms with Crippen molar-refractivity contribution in [1.29, 1.82) is 0 Å². The molecule has 0 aromatic heterocycles. The molecule has 1 aliphatic heterocycles.